The van der Waals surface area contributed by atoms with Crippen LogP contribution in [0.15, 0.2) is 42.5 Å². The number of carbonyl (C=O) groups is 3. The Labute approximate surface area is 275 Å². The highest BCUT2D eigenvalue weighted by molar-refractivity contribution is 5.95. The minimum atomic E-state index is -5.02. The van der Waals surface area contributed by atoms with Crippen molar-refractivity contribution in [1.29, 1.82) is 0 Å². The molecule has 47 heavy (non-hydrogen) atoms. The van der Waals surface area contributed by atoms with Crippen LogP contribution in [0.4, 0.5) is 28.4 Å². The highest BCUT2D eigenvalue weighted by Gasteiger charge is 2.56. The summed E-state index contributed by atoms with van der Waals surface area (Å²) in [6, 6.07) is 12.4. The van der Waals surface area contributed by atoms with E-state index in [1.165, 1.54) is 11.6 Å². The lowest BCUT2D eigenvalue weighted by Gasteiger charge is -2.29. The third-order valence-electron chi connectivity index (χ3n) is 8.67. The Bertz CT molecular complexity index is 1460. The van der Waals surface area contributed by atoms with E-state index in [0.29, 0.717) is 17.5 Å². The summed E-state index contributed by atoms with van der Waals surface area (Å²) in [5.74, 6) is -2.04. The molecule has 11 heteroatoms. The van der Waals surface area contributed by atoms with Crippen LogP contribution in [0.2, 0.25) is 0 Å². The number of unbranched alkanes of at least 4 members (excludes halogenated alkanes) is 2. The van der Waals surface area contributed by atoms with Crippen molar-refractivity contribution >= 4 is 23.8 Å². The van der Waals surface area contributed by atoms with Gasteiger partial charge in [-0.25, -0.2) is 9.59 Å². The van der Waals surface area contributed by atoms with E-state index >= 15 is 0 Å². The van der Waals surface area contributed by atoms with Gasteiger partial charge in [-0.05, 0) is 86.6 Å². The van der Waals surface area contributed by atoms with E-state index in [1.807, 2.05) is 24.4 Å². The molecule has 2 aliphatic rings. The average molecular weight is 660 g/mol. The molecule has 1 unspecified atom stereocenters. The van der Waals surface area contributed by atoms with Crippen LogP contribution in [0.1, 0.15) is 103 Å². The number of cyclic esters (lactones) is 1. The minimum absolute atomic E-state index is 0.0664. The number of alkyl halides is 3. The molecule has 1 aliphatic carbocycles. The van der Waals surface area contributed by atoms with Crippen molar-refractivity contribution in [1.82, 2.24) is 10.2 Å². The Morgan fingerprint density at radius 1 is 1.04 bits per heavy atom. The SMILES string of the molecule is CCCCCc1cc(C[C@H](NC(=O)OC(C)(C)C)C2CN(C3(c4cccc(C(C)(C)C)c4)CC3)C(=O)O2)ccc1NC(=O)C(F)(F)F. The van der Waals surface area contributed by atoms with Crippen LogP contribution < -0.4 is 10.6 Å². The molecule has 1 saturated carbocycles. The summed E-state index contributed by atoms with van der Waals surface area (Å²) in [5.41, 5.74) is 2.24. The van der Waals surface area contributed by atoms with E-state index in [2.05, 4.69) is 38.2 Å². The van der Waals surface area contributed by atoms with Gasteiger partial charge in [-0.1, -0.05) is 76.9 Å². The molecule has 2 atom stereocenters. The molecule has 1 aliphatic heterocycles. The van der Waals surface area contributed by atoms with E-state index in [1.54, 1.807) is 37.8 Å². The Hall–Kier alpha value is -3.76. The van der Waals surface area contributed by atoms with Crippen LogP contribution in [0.25, 0.3) is 0 Å². The fourth-order valence-corrected chi connectivity index (χ4v) is 6.00. The second kappa shape index (κ2) is 13.8. The Kier molecular flexibility index (Phi) is 10.6. The number of rotatable bonds is 11. The normalized spacial score (nSPS) is 18.4. The molecule has 4 rings (SSSR count). The lowest BCUT2D eigenvalue weighted by Crippen LogP contribution is -2.48. The second-order valence-corrected chi connectivity index (χ2v) is 14.8. The van der Waals surface area contributed by atoms with Crippen LogP contribution in [-0.2, 0) is 38.1 Å². The zero-order chi connectivity index (χ0) is 34.8. The minimum Gasteiger partial charge on any atom is -0.444 e. The fourth-order valence-electron chi connectivity index (χ4n) is 6.00. The summed E-state index contributed by atoms with van der Waals surface area (Å²) >= 11 is 0. The van der Waals surface area contributed by atoms with Gasteiger partial charge in [0.25, 0.3) is 0 Å². The van der Waals surface area contributed by atoms with Gasteiger partial charge >= 0.3 is 24.3 Å². The van der Waals surface area contributed by atoms with Crippen molar-refractivity contribution in [2.75, 3.05) is 11.9 Å². The molecule has 8 nitrogen and oxygen atoms in total. The lowest BCUT2D eigenvalue weighted by molar-refractivity contribution is -0.167. The molecule has 2 N–H and O–H groups in total. The number of alkyl carbamates (subject to hydrolysis) is 1. The monoisotopic (exact) mass is 659 g/mol. The number of halogens is 3. The Morgan fingerprint density at radius 2 is 1.74 bits per heavy atom. The van der Waals surface area contributed by atoms with Crippen molar-refractivity contribution in [2.24, 2.45) is 0 Å². The maximum atomic E-state index is 13.5. The standard InChI is InChI=1S/C36H48F3N3O5/c1-8-9-10-12-24-19-23(15-16-27(24)40-30(43)36(37,38)39)20-28(41-31(44)47-34(5,6)7)29-22-42(32(45)46-29)35(17-18-35)26-14-11-13-25(21-26)33(2,3)4/h11,13-16,19,21,28-29H,8-10,12,17-18,20,22H2,1-7H3,(H,40,43)(H,41,44)/t28-,29?/m0/s1. The summed E-state index contributed by atoms with van der Waals surface area (Å²) in [4.78, 5) is 40.0. The number of carbonyl (C=O) groups excluding carboxylic acids is 3. The van der Waals surface area contributed by atoms with Crippen molar-refractivity contribution in [2.45, 2.75) is 128 Å². The van der Waals surface area contributed by atoms with Gasteiger partial charge in [0.1, 0.15) is 11.7 Å². The Balaban J connectivity index is 1.61. The van der Waals surface area contributed by atoms with Crippen LogP contribution in [-0.4, -0.2) is 53.5 Å². The van der Waals surface area contributed by atoms with E-state index in [4.69, 9.17) is 9.47 Å². The molecule has 0 radical (unpaired) electrons. The number of nitrogens with zero attached hydrogens (tertiary/aromatic N) is 1. The van der Waals surface area contributed by atoms with Crippen molar-refractivity contribution < 1.29 is 37.0 Å². The lowest BCUT2D eigenvalue weighted by atomic mass is 9.85. The molecule has 2 aromatic carbocycles. The van der Waals surface area contributed by atoms with Crippen molar-refractivity contribution in [3.63, 3.8) is 0 Å². The third-order valence-corrected chi connectivity index (χ3v) is 8.67. The summed E-state index contributed by atoms with van der Waals surface area (Å²) in [7, 11) is 0. The molecular weight excluding hydrogens is 611 g/mol. The first-order valence-electron chi connectivity index (χ1n) is 16.4. The quantitative estimate of drug-likeness (QED) is 0.237. The summed E-state index contributed by atoms with van der Waals surface area (Å²) in [6.07, 6.45) is -2.11. The van der Waals surface area contributed by atoms with Crippen molar-refractivity contribution in [3.8, 4) is 0 Å². The van der Waals surface area contributed by atoms with Gasteiger partial charge in [-0.3, -0.25) is 9.69 Å². The second-order valence-electron chi connectivity index (χ2n) is 14.8. The first-order chi connectivity index (χ1) is 21.8. The predicted molar refractivity (Wildman–Crippen MR) is 174 cm³/mol. The number of amides is 3. The van der Waals surface area contributed by atoms with Gasteiger partial charge in [-0.15, -0.1) is 0 Å². The van der Waals surface area contributed by atoms with E-state index in [0.717, 1.165) is 37.7 Å². The van der Waals surface area contributed by atoms with Gasteiger partial charge < -0.3 is 20.1 Å². The van der Waals surface area contributed by atoms with Crippen LogP contribution in [0, 0.1) is 0 Å². The molecule has 1 saturated heterocycles. The first kappa shape index (κ1) is 36.1. The summed E-state index contributed by atoms with van der Waals surface area (Å²) in [5, 5.41) is 4.91. The van der Waals surface area contributed by atoms with Gasteiger partial charge in [0.15, 0.2) is 0 Å². The zero-order valence-electron chi connectivity index (χ0n) is 28.5. The van der Waals surface area contributed by atoms with Crippen molar-refractivity contribution in [3.05, 3.63) is 64.7 Å². The highest BCUT2D eigenvalue weighted by atomic mass is 19.4. The topological polar surface area (TPSA) is 97.0 Å². The fraction of sp³-hybridized carbons (Fsp3) is 0.583. The largest absolute Gasteiger partial charge is 0.471 e. The first-order valence-corrected chi connectivity index (χ1v) is 16.4. The molecule has 1 heterocycles. The molecule has 0 aromatic heterocycles. The smallest absolute Gasteiger partial charge is 0.444 e. The van der Waals surface area contributed by atoms with E-state index in [9.17, 15) is 27.6 Å². The number of hydrogen-bond donors (Lipinski definition) is 2. The molecule has 0 spiro atoms. The van der Waals surface area contributed by atoms with Gasteiger partial charge in [0, 0.05) is 5.69 Å². The number of benzene rings is 2. The van der Waals surface area contributed by atoms with Gasteiger partial charge in [0.2, 0.25) is 0 Å². The maximum Gasteiger partial charge on any atom is 0.471 e. The number of ether oxygens (including phenoxy) is 2. The van der Waals surface area contributed by atoms with Crippen LogP contribution in [0.3, 0.4) is 0 Å². The van der Waals surface area contributed by atoms with Gasteiger partial charge in [-0.2, -0.15) is 13.2 Å². The zero-order valence-corrected chi connectivity index (χ0v) is 28.5. The predicted octanol–water partition coefficient (Wildman–Crippen LogP) is 8.16. The third kappa shape index (κ3) is 9.20. The summed E-state index contributed by atoms with van der Waals surface area (Å²) in [6.45, 7) is 13.9. The van der Waals surface area contributed by atoms with E-state index < -0.39 is 47.6 Å². The van der Waals surface area contributed by atoms with Crippen LogP contribution in [0.5, 0.6) is 0 Å². The molecular formula is C36H48F3N3O5. The number of anilines is 1. The Morgan fingerprint density at radius 3 is 2.34 bits per heavy atom. The molecule has 2 fully saturated rings. The number of aryl methyl sites for hydroxylation is 1. The molecule has 3 amide bonds. The van der Waals surface area contributed by atoms with Crippen LogP contribution >= 0.6 is 0 Å². The van der Waals surface area contributed by atoms with E-state index in [-0.39, 0.29) is 24.1 Å². The number of nitrogens with one attached hydrogen (secondary N) is 2. The molecule has 0 bridgehead atoms. The number of hydrogen-bond acceptors (Lipinski definition) is 5. The maximum absolute atomic E-state index is 13.5. The molecule has 258 valence electrons. The average Bonchev–Trinajstić information content (AvgIpc) is 3.67. The van der Waals surface area contributed by atoms with Gasteiger partial charge in [0.05, 0.1) is 18.1 Å². The molecule has 2 aromatic rings. The highest BCUT2D eigenvalue weighted by Crippen LogP contribution is 2.53. The summed E-state index contributed by atoms with van der Waals surface area (Å²) < 4.78 is 50.7.